The fourth-order valence-electron chi connectivity index (χ4n) is 0.404. The van der Waals surface area contributed by atoms with Crippen LogP contribution in [-0.4, -0.2) is 25.5 Å². The van der Waals surface area contributed by atoms with Crippen LogP contribution < -0.4 is 11.1 Å². The van der Waals surface area contributed by atoms with Gasteiger partial charge in [0, 0.05) is 0 Å². The molecule has 0 radical (unpaired) electrons. The van der Waals surface area contributed by atoms with E-state index in [1.165, 1.54) is 0 Å². The summed E-state index contributed by atoms with van der Waals surface area (Å²) in [5.74, 6) is 2.83. The molecule has 56 valence electrons. The van der Waals surface area contributed by atoms with Crippen LogP contribution in [0.2, 0.25) is 0 Å². The van der Waals surface area contributed by atoms with Gasteiger partial charge < -0.3 is 11.1 Å². The molecule has 0 fully saturated rings. The monoisotopic (exact) mass is 148 g/mol. The maximum Gasteiger partial charge on any atom is -0.00370 e. The molecule has 3 heteroatoms. The molecule has 0 aliphatic rings. The van der Waals surface area contributed by atoms with Gasteiger partial charge >= 0.3 is 0 Å². The molecule has 0 aliphatic carbocycles. The molecule has 0 aromatic carbocycles. The van der Waals surface area contributed by atoms with Crippen molar-refractivity contribution in [3.05, 3.63) is 0 Å². The largest absolute Gasteiger partial charge is 0.330 e. The first-order chi connectivity index (χ1) is 4.41. The minimum atomic E-state index is 0.799. The second-order valence-electron chi connectivity index (χ2n) is 1.50. The maximum absolute atomic E-state index is 5.23. The summed E-state index contributed by atoms with van der Waals surface area (Å²) in [6.07, 6.45) is 1.09. The van der Waals surface area contributed by atoms with Gasteiger partial charge in [-0.2, -0.15) is 0 Å². The van der Waals surface area contributed by atoms with Gasteiger partial charge in [-0.15, -0.1) is 0 Å². The van der Waals surface area contributed by atoms with Gasteiger partial charge in [0.1, 0.15) is 0 Å². The Morgan fingerprint density at radius 3 is 2.44 bits per heavy atom. The van der Waals surface area contributed by atoms with Gasteiger partial charge in [0.25, 0.3) is 0 Å². The van der Waals surface area contributed by atoms with Crippen LogP contribution in [-0.2, 0) is 0 Å². The number of hydrogen-bond donors (Lipinski definition) is 2. The quantitative estimate of drug-likeness (QED) is 0.452. The zero-order valence-electron chi connectivity index (χ0n) is 6.02. The third-order valence-electron chi connectivity index (χ3n) is 0.808. The molecule has 0 aromatic rings. The molecule has 0 saturated carbocycles. The zero-order chi connectivity index (χ0) is 7.54. The lowest BCUT2D eigenvalue weighted by molar-refractivity contribution is 0.679. The number of rotatable bonds is 4. The molecule has 0 bridgehead atoms. The fraction of sp³-hybridized carbons (Fsp3) is 0.833. The topological polar surface area (TPSA) is 38.0 Å². The first-order valence-corrected chi connectivity index (χ1v) is 3.69. The van der Waals surface area contributed by atoms with Gasteiger partial charge in [-0.25, -0.2) is 0 Å². The standard InChI is InChI=1S/C5H14N2.CH2S/c1-2-7-5-3-4-6;1-2/h7H,2-6H2,1H3;1H2. The summed E-state index contributed by atoms with van der Waals surface area (Å²) >= 11 is 3.83. The Morgan fingerprint density at radius 2 is 2.11 bits per heavy atom. The van der Waals surface area contributed by atoms with Crippen molar-refractivity contribution in [1.29, 1.82) is 0 Å². The van der Waals surface area contributed by atoms with Crippen LogP contribution in [0.5, 0.6) is 0 Å². The van der Waals surface area contributed by atoms with Gasteiger partial charge in [-0.05, 0) is 31.9 Å². The van der Waals surface area contributed by atoms with Crippen molar-refractivity contribution >= 4 is 18.1 Å². The highest BCUT2D eigenvalue weighted by Gasteiger charge is 1.77. The van der Waals surface area contributed by atoms with Gasteiger partial charge in [0.2, 0.25) is 0 Å². The molecular weight excluding hydrogens is 132 g/mol. The van der Waals surface area contributed by atoms with E-state index in [9.17, 15) is 0 Å². The van der Waals surface area contributed by atoms with Crippen LogP contribution in [0.25, 0.3) is 0 Å². The average molecular weight is 148 g/mol. The van der Waals surface area contributed by atoms with E-state index in [-0.39, 0.29) is 0 Å². The lowest BCUT2D eigenvalue weighted by atomic mass is 10.4. The van der Waals surface area contributed by atoms with Crippen LogP contribution >= 0.6 is 12.2 Å². The van der Waals surface area contributed by atoms with Crippen molar-refractivity contribution in [1.82, 2.24) is 5.32 Å². The Morgan fingerprint density at radius 1 is 1.56 bits per heavy atom. The molecule has 0 rings (SSSR count). The van der Waals surface area contributed by atoms with E-state index in [0.29, 0.717) is 0 Å². The smallest absolute Gasteiger partial charge is 0.00370 e. The predicted octanol–water partition coefficient (Wildman–Crippen LogP) is 0.561. The molecule has 0 unspecified atom stereocenters. The van der Waals surface area contributed by atoms with Gasteiger partial charge in [0.05, 0.1) is 0 Å². The van der Waals surface area contributed by atoms with Crippen LogP contribution in [0.15, 0.2) is 0 Å². The summed E-state index contributed by atoms with van der Waals surface area (Å²) in [6, 6.07) is 0. The zero-order valence-corrected chi connectivity index (χ0v) is 6.84. The second-order valence-corrected chi connectivity index (χ2v) is 1.50. The fourth-order valence-corrected chi connectivity index (χ4v) is 0.404. The third kappa shape index (κ3) is 18.0. The predicted molar refractivity (Wildman–Crippen MR) is 46.9 cm³/mol. The Labute approximate surface area is 62.8 Å². The maximum atomic E-state index is 5.23. The number of thiocarbonyl (C=S) groups is 1. The molecule has 0 amide bonds. The highest BCUT2D eigenvalue weighted by atomic mass is 32.1. The first-order valence-electron chi connectivity index (χ1n) is 3.11. The summed E-state index contributed by atoms with van der Waals surface area (Å²) in [5.41, 5.74) is 5.23. The van der Waals surface area contributed by atoms with Crippen LogP contribution in [0.1, 0.15) is 13.3 Å². The highest BCUT2D eigenvalue weighted by molar-refractivity contribution is 7.77. The van der Waals surface area contributed by atoms with E-state index in [1.54, 1.807) is 0 Å². The Hall–Kier alpha value is 0.0100. The molecule has 0 aliphatic heterocycles. The molecule has 0 saturated heterocycles. The Bertz CT molecular complexity index is 38.0. The van der Waals surface area contributed by atoms with Crippen molar-refractivity contribution in [2.45, 2.75) is 13.3 Å². The van der Waals surface area contributed by atoms with Gasteiger partial charge in [-0.1, -0.05) is 19.1 Å². The number of hydrogen-bond acceptors (Lipinski definition) is 3. The average Bonchev–Trinajstić information content (AvgIpc) is 1.94. The van der Waals surface area contributed by atoms with Crippen molar-refractivity contribution in [2.24, 2.45) is 5.73 Å². The van der Waals surface area contributed by atoms with Crippen LogP contribution in [0.4, 0.5) is 0 Å². The summed E-state index contributed by atoms with van der Waals surface area (Å²) < 4.78 is 0. The SMILES string of the molecule is C=S.CCNCCCN. The third-order valence-corrected chi connectivity index (χ3v) is 0.808. The Kier molecular flexibility index (Phi) is 20.5. The summed E-state index contributed by atoms with van der Waals surface area (Å²) in [4.78, 5) is 0. The molecule has 9 heavy (non-hydrogen) atoms. The minimum Gasteiger partial charge on any atom is -0.330 e. The normalized spacial score (nSPS) is 7.78. The Balaban J connectivity index is 0. The molecule has 0 spiro atoms. The summed E-state index contributed by atoms with van der Waals surface area (Å²) in [7, 11) is 0. The molecule has 2 nitrogen and oxygen atoms in total. The second kappa shape index (κ2) is 15.7. The number of nitrogens with two attached hydrogens (primary N) is 1. The molecule has 0 aromatic heterocycles. The first kappa shape index (κ1) is 11.8. The van der Waals surface area contributed by atoms with Crippen molar-refractivity contribution in [3.63, 3.8) is 0 Å². The lowest BCUT2D eigenvalue weighted by Gasteiger charge is -1.95. The summed E-state index contributed by atoms with van der Waals surface area (Å²) in [6.45, 7) is 5.01. The lowest BCUT2D eigenvalue weighted by Crippen LogP contribution is -2.17. The number of nitrogens with one attached hydrogen (secondary N) is 1. The molecule has 3 N–H and O–H groups in total. The molecule has 0 atom stereocenters. The van der Waals surface area contributed by atoms with E-state index in [4.69, 9.17) is 5.73 Å². The summed E-state index contributed by atoms with van der Waals surface area (Å²) in [5, 5.41) is 3.17. The molecular formula is C6H16N2S. The van der Waals surface area contributed by atoms with Crippen molar-refractivity contribution in [3.8, 4) is 0 Å². The van der Waals surface area contributed by atoms with E-state index < -0.39 is 0 Å². The van der Waals surface area contributed by atoms with E-state index in [1.807, 2.05) is 0 Å². The van der Waals surface area contributed by atoms with E-state index in [2.05, 4.69) is 30.3 Å². The van der Waals surface area contributed by atoms with Crippen molar-refractivity contribution < 1.29 is 0 Å². The highest BCUT2D eigenvalue weighted by Crippen LogP contribution is 1.66. The van der Waals surface area contributed by atoms with E-state index in [0.717, 1.165) is 26.1 Å². The van der Waals surface area contributed by atoms with Gasteiger partial charge in [-0.3, -0.25) is 0 Å². The minimum absolute atomic E-state index is 0.799. The molecule has 0 heterocycles. The van der Waals surface area contributed by atoms with Crippen LogP contribution in [0, 0.1) is 0 Å². The van der Waals surface area contributed by atoms with E-state index >= 15 is 0 Å². The van der Waals surface area contributed by atoms with Crippen LogP contribution in [0.3, 0.4) is 0 Å². The van der Waals surface area contributed by atoms with Crippen molar-refractivity contribution in [2.75, 3.05) is 19.6 Å². The van der Waals surface area contributed by atoms with Gasteiger partial charge in [0.15, 0.2) is 0 Å².